The Bertz CT molecular complexity index is 5510. The van der Waals surface area contributed by atoms with Crippen LogP contribution < -0.4 is 60.8 Å². The van der Waals surface area contributed by atoms with Gasteiger partial charge in [0, 0.05) is 82.6 Å². The molecule has 0 spiro atoms. The Hall–Kier alpha value is -6.70. The lowest BCUT2D eigenvalue weighted by molar-refractivity contribution is -0.184. The van der Waals surface area contributed by atoms with Crippen LogP contribution in [0.3, 0.4) is 0 Å². The number of aryl methyl sites for hydroxylation is 1. The van der Waals surface area contributed by atoms with E-state index in [0.717, 1.165) is 51.6 Å². The van der Waals surface area contributed by atoms with Gasteiger partial charge in [-0.3, -0.25) is 86.1 Å². The molecule has 5 fully saturated rings. The molecule has 0 bridgehead atoms. The number of hydrogen-bond acceptors (Lipinski definition) is 29. The van der Waals surface area contributed by atoms with Crippen LogP contribution in [-0.2, 0) is 70.7 Å². The summed E-state index contributed by atoms with van der Waals surface area (Å²) in [4.78, 5) is 141. The number of halogens is 3. The SMILES string of the molecule is C=P(C)(C)CC[C@H]1OC(n2cc(CC)c(=O)[nH]c2=S)[C@H](O)[C@@H]1O.C=P(C)(C)CC[C@H]1OC(n2cc(CN(C)C(=O)C(F)(F)F)c(=O)[nH]c2=O)[C@H](O)[C@@H]1O.C=P(C)(C)CC[C@H]1OC(n2cc(CNC(C)=O)c(=O)[nH]c2=O)[C@H](O)[C@@H]1O.C=P(C)(C)CC[C@H]1OC(n2cc(CNC(C)=O)c(=O)[nH]c2=S)[C@H](O)[C@@H]1O.C=P(C)(C)CC[C@H]1OC(n2cc(CNC)c(=O)[nH]c2=O)[C@H](O)[C@@H]1O. The molecule has 20 atom stereocenters. The Kier molecular flexibility index (Phi) is 40.0. The van der Waals surface area contributed by atoms with E-state index in [1.54, 1.807) is 13.2 Å². The molecule has 50 heteroatoms. The van der Waals surface area contributed by atoms with Crippen LogP contribution in [0, 0.1) is 9.54 Å². The van der Waals surface area contributed by atoms with Gasteiger partial charge >= 0.3 is 29.2 Å². The third kappa shape index (κ3) is 32.0. The van der Waals surface area contributed by atoms with E-state index in [1.807, 2.05) is 25.2 Å². The van der Waals surface area contributed by atoms with Gasteiger partial charge in [0.2, 0.25) is 11.8 Å². The zero-order valence-corrected chi connectivity index (χ0v) is 81.1. The van der Waals surface area contributed by atoms with E-state index >= 15 is 0 Å². The monoisotopic (exact) mass is 1960 g/mol. The summed E-state index contributed by atoms with van der Waals surface area (Å²) < 4.78 is 72.6. The van der Waals surface area contributed by atoms with Crippen molar-refractivity contribution in [3.05, 3.63) is 152 Å². The highest BCUT2D eigenvalue weighted by Crippen LogP contribution is 2.45. The summed E-state index contributed by atoms with van der Waals surface area (Å²) in [5.41, 5.74) is -4.19. The predicted octanol–water partition coefficient (Wildman–Crippen LogP) is -0.911. The Morgan fingerprint density at radius 2 is 0.628 bits per heavy atom. The number of amides is 3. The summed E-state index contributed by atoms with van der Waals surface area (Å²) in [6.45, 7) is 18.1. The molecule has 728 valence electrons. The molecule has 0 radical (unpaired) electrons. The van der Waals surface area contributed by atoms with Crippen LogP contribution in [0.15, 0.2) is 69.3 Å². The lowest BCUT2D eigenvalue weighted by Crippen LogP contribution is -2.42. The number of ether oxygens (including phenoxy) is 5. The molecule has 129 heavy (non-hydrogen) atoms. The molecule has 40 nitrogen and oxygen atoms in total. The fourth-order valence-corrected chi connectivity index (χ4v) is 19.1. The lowest BCUT2D eigenvalue weighted by atomic mass is 10.1. The second kappa shape index (κ2) is 46.5. The molecule has 5 aromatic rings. The number of aliphatic hydroxyl groups excluding tert-OH is 10. The van der Waals surface area contributed by atoms with Crippen molar-refractivity contribution in [2.24, 2.45) is 0 Å². The second-order valence-electron chi connectivity index (χ2n) is 35.9. The first-order chi connectivity index (χ1) is 59.4. The maximum atomic E-state index is 12.6. The van der Waals surface area contributed by atoms with Gasteiger partial charge in [-0.15, -0.1) is 65.9 Å². The van der Waals surface area contributed by atoms with Gasteiger partial charge in [0.15, 0.2) is 40.7 Å². The molecule has 10 rings (SSSR count). The largest absolute Gasteiger partial charge is 0.471 e. The van der Waals surface area contributed by atoms with Crippen LogP contribution >= 0.6 is 58.9 Å². The van der Waals surface area contributed by atoms with Crippen molar-refractivity contribution in [3.8, 4) is 0 Å². The van der Waals surface area contributed by atoms with Crippen molar-refractivity contribution in [1.29, 1.82) is 0 Å². The van der Waals surface area contributed by atoms with Gasteiger partial charge in [0.25, 0.3) is 27.8 Å². The Balaban J connectivity index is 0.000000249. The smallest absolute Gasteiger partial charge is 0.388 e. The molecule has 0 aromatic carbocycles. The van der Waals surface area contributed by atoms with Gasteiger partial charge in [-0.25, -0.2) is 14.4 Å². The fourth-order valence-electron chi connectivity index (χ4n) is 13.9. The Labute approximate surface area is 752 Å². The normalized spacial score (nSPS) is 26.4. The van der Waals surface area contributed by atoms with Gasteiger partial charge in [0.05, 0.1) is 53.8 Å². The zero-order chi connectivity index (χ0) is 97.7. The van der Waals surface area contributed by atoms with Crippen LogP contribution in [0.4, 0.5) is 13.2 Å². The molecular weight excluding hydrogens is 1840 g/mol. The lowest BCUT2D eigenvalue weighted by Gasteiger charge is -2.21. The van der Waals surface area contributed by atoms with Gasteiger partial charge in [-0.2, -0.15) is 13.2 Å². The van der Waals surface area contributed by atoms with Crippen molar-refractivity contribution >= 4 is 108 Å². The van der Waals surface area contributed by atoms with E-state index < -0.39 is 215 Å². The summed E-state index contributed by atoms with van der Waals surface area (Å²) >= 11 is 10.3. The van der Waals surface area contributed by atoms with Crippen molar-refractivity contribution < 1.29 is 102 Å². The van der Waals surface area contributed by atoms with E-state index in [4.69, 9.17) is 48.1 Å². The number of aromatic amines is 5. The van der Waals surface area contributed by atoms with E-state index in [1.165, 1.54) is 41.6 Å². The first-order valence-corrected chi connectivity index (χ1v) is 57.1. The van der Waals surface area contributed by atoms with Gasteiger partial charge in [-0.05, 0) is 167 Å². The van der Waals surface area contributed by atoms with Crippen LogP contribution in [0.5, 0.6) is 0 Å². The molecule has 10 heterocycles. The Morgan fingerprint density at radius 1 is 0.403 bits per heavy atom. The first-order valence-electron chi connectivity index (χ1n) is 41.0. The van der Waals surface area contributed by atoms with E-state index in [-0.39, 0.29) is 68.1 Å². The zero-order valence-electron chi connectivity index (χ0n) is 74.9. The molecule has 5 aromatic heterocycles. The number of carbonyl (C=O) groups excluding carboxylic acids is 3. The maximum absolute atomic E-state index is 12.6. The number of carbonyl (C=O) groups is 3. The third-order valence-corrected chi connectivity index (χ3v) is 29.1. The maximum Gasteiger partial charge on any atom is 0.471 e. The second-order valence-corrected chi connectivity index (χ2v) is 58.3. The number of H-pyrrole nitrogens is 5. The number of hydrogen-bond donors (Lipinski definition) is 18. The quantitative estimate of drug-likeness (QED) is 0.0203. The highest BCUT2D eigenvalue weighted by molar-refractivity contribution is 7.73. The number of rotatable bonds is 29. The summed E-state index contributed by atoms with van der Waals surface area (Å²) in [6, 6.07) is 0. The predicted molar refractivity (Wildman–Crippen MR) is 502 cm³/mol. The van der Waals surface area contributed by atoms with Crippen molar-refractivity contribution in [1.82, 2.24) is 68.6 Å². The minimum Gasteiger partial charge on any atom is -0.388 e. The summed E-state index contributed by atoms with van der Waals surface area (Å²) in [5, 5.41) is 111. The molecule has 3 amide bonds. The van der Waals surface area contributed by atoms with E-state index in [0.29, 0.717) is 55.8 Å². The summed E-state index contributed by atoms with van der Waals surface area (Å²) in [6.07, 6.45) is 8.97. The standard InChI is InChI=1S/C17H25F3N3O6P.C16H26N3O6P.C16H26N3O5PS.C15H26N3O5P.C15H25N2O4PS/c1-22(15(27)17(18,19)20)7-9-8-23(16(28)21-13(9)26)14-12(25)11(24)10(29-14)5-6-30(2,3)4;1-9(20)17-7-10-8-19(16(24)18-14(10)23)15-13(22)12(21)11(25-15)5-6-26(2,3)4;1-9(20)17-7-10-8-19(16(26)18-14(10)23)15-13(22)12(21)11(24-15)5-6-25(2,3)4;1-16-7-9-8-18(15(22)17-13(9)21)14-12(20)11(19)10(23-14)5-6-24(2,3)4;1-5-9-8-17(15(23)16-13(9)20)14-12(19)11(18)10(21-14)6-7-22(2,3)4/h8,10-12,14,24-25H,2,5-7H2,1,3-4H3,(H,21,26,28);8,11-13,15,21-22H,2,5-7H2,1,3-4H3,(H,17,20)(H,18,23,24);8,11-13,15,21-22H,2,5-7H2,1,3-4H3,(H,17,20)(H,18,23,26);8,10-12,14,16,19-20H,2,5-7H2,1,3-4H3,(H,17,21,22);8,10-12,14,18-19H,2,5-7H2,1,3-4H3,(H,16,20,23)/t10-,11-,12-,14?;2*11-,12-,13-,15?;2*10-,11-,12-,14?/m11111/s1. The van der Waals surface area contributed by atoms with Gasteiger partial charge < -0.3 is 95.6 Å². The van der Waals surface area contributed by atoms with Gasteiger partial charge in [0.1, 0.15) is 61.0 Å². The molecule has 5 saturated heterocycles. The van der Waals surface area contributed by atoms with Crippen molar-refractivity contribution in [2.45, 2.75) is 214 Å². The number of aromatic nitrogens is 10. The molecule has 5 aliphatic heterocycles. The average molecular weight is 1970 g/mol. The highest BCUT2D eigenvalue weighted by atomic mass is 32.1. The molecule has 0 saturated carbocycles. The Morgan fingerprint density at radius 3 is 0.876 bits per heavy atom. The van der Waals surface area contributed by atoms with Crippen LogP contribution in [0.25, 0.3) is 0 Å². The van der Waals surface area contributed by atoms with Crippen LogP contribution in [0.2, 0.25) is 0 Å². The molecule has 0 aliphatic carbocycles. The number of aliphatic hydroxyl groups is 10. The summed E-state index contributed by atoms with van der Waals surface area (Å²) in [7, 11) is 2.54. The topological polar surface area (TPSA) is 579 Å². The minimum absolute atomic E-state index is 0.0231. The van der Waals surface area contributed by atoms with Crippen molar-refractivity contribution in [3.63, 3.8) is 0 Å². The van der Waals surface area contributed by atoms with Crippen molar-refractivity contribution in [2.75, 3.05) is 112 Å². The van der Waals surface area contributed by atoms with E-state index in [9.17, 15) is 117 Å². The fraction of sp³-hybridized carbons (Fsp3) is 0.646. The van der Waals surface area contributed by atoms with Gasteiger partial charge in [-0.1, -0.05) is 6.92 Å². The minimum atomic E-state index is -5.12. The molecular formula is C79H128F3N14O26P5S2. The average Bonchev–Trinajstić information content (AvgIpc) is 1.68. The number of nitrogens with zero attached hydrogens (tertiary/aromatic N) is 6. The number of nitrogens with one attached hydrogen (secondary N) is 8. The summed E-state index contributed by atoms with van der Waals surface area (Å²) in [5.74, 6) is -2.76. The highest BCUT2D eigenvalue weighted by Gasteiger charge is 2.49. The molecule has 18 N–H and O–H groups in total. The van der Waals surface area contributed by atoms with E-state index in [2.05, 4.69) is 121 Å². The number of alkyl halides is 3. The first kappa shape index (κ1) is 111. The molecule has 5 unspecified atom stereocenters. The molecule has 5 aliphatic rings. The van der Waals surface area contributed by atoms with Crippen LogP contribution in [-0.4, -0.2) is 362 Å². The van der Waals surface area contributed by atoms with Crippen LogP contribution in [0.1, 0.15) is 112 Å². The third-order valence-electron chi connectivity index (χ3n) is 21.2.